The molecule has 0 saturated carbocycles. The lowest BCUT2D eigenvalue weighted by Gasteiger charge is -2.26. The van der Waals surface area contributed by atoms with Gasteiger partial charge in [-0.2, -0.15) is 0 Å². The molecule has 10 aromatic carbocycles. The number of nitrogens with zero attached hydrogens (tertiary/aromatic N) is 1. The first kappa shape index (κ1) is 39.9. The van der Waals surface area contributed by atoms with E-state index >= 15 is 0 Å². The van der Waals surface area contributed by atoms with Crippen LogP contribution in [-0.4, -0.2) is 0 Å². The Morgan fingerprint density at radius 1 is 0.338 bits per heavy atom. The van der Waals surface area contributed by atoms with E-state index in [1.165, 1.54) is 66.8 Å². The summed E-state index contributed by atoms with van der Waals surface area (Å²) in [5.41, 5.74) is 23.7. The van der Waals surface area contributed by atoms with Crippen molar-refractivity contribution >= 4 is 60.9 Å². The molecule has 0 aliphatic heterocycles. The molecule has 0 unspecified atom stereocenters. The Hall–Kier alpha value is -8.40. The number of fused-ring (bicyclic) bond motifs is 9. The zero-order valence-corrected chi connectivity index (χ0v) is 38.5. The third-order valence-electron chi connectivity index (χ3n) is 14.6. The van der Waals surface area contributed by atoms with E-state index in [1.807, 2.05) is 24.3 Å². The van der Waals surface area contributed by atoms with Crippen molar-refractivity contribution < 1.29 is 8.83 Å². The molecule has 2 aromatic heterocycles. The molecule has 0 atom stereocenters. The van der Waals surface area contributed by atoms with Crippen molar-refractivity contribution in [3.05, 3.63) is 235 Å². The minimum Gasteiger partial charge on any atom is -0.454 e. The van der Waals surface area contributed by atoms with Crippen LogP contribution in [0, 0.1) is 13.8 Å². The van der Waals surface area contributed by atoms with Gasteiger partial charge in [-0.15, -0.1) is 0 Å². The number of hydrogen-bond acceptors (Lipinski definition) is 3. The zero-order valence-electron chi connectivity index (χ0n) is 38.5. The van der Waals surface area contributed by atoms with Crippen LogP contribution in [0.1, 0.15) is 36.1 Å². The minimum atomic E-state index is -0.105. The van der Waals surface area contributed by atoms with Crippen LogP contribution >= 0.6 is 0 Å². The van der Waals surface area contributed by atoms with Crippen LogP contribution in [-0.2, 0) is 5.41 Å². The van der Waals surface area contributed by atoms with Crippen molar-refractivity contribution in [2.24, 2.45) is 0 Å². The molecule has 0 amide bonds. The lowest BCUT2D eigenvalue weighted by molar-refractivity contribution is 0.660. The van der Waals surface area contributed by atoms with E-state index in [0.717, 1.165) is 72.1 Å². The molecular weight excluding hydrogens is 827 g/mol. The number of anilines is 3. The van der Waals surface area contributed by atoms with Gasteiger partial charge in [0.1, 0.15) is 11.2 Å². The quantitative estimate of drug-likeness (QED) is 0.160. The van der Waals surface area contributed by atoms with Crippen LogP contribution < -0.4 is 4.90 Å². The molecule has 68 heavy (non-hydrogen) atoms. The van der Waals surface area contributed by atoms with Crippen LogP contribution in [0.5, 0.6) is 0 Å². The summed E-state index contributed by atoms with van der Waals surface area (Å²) in [4.78, 5) is 2.30. The molecule has 0 bridgehead atoms. The highest BCUT2D eigenvalue weighted by Gasteiger charge is 2.35. The number of rotatable bonds is 7. The smallest absolute Gasteiger partial charge is 0.159 e. The van der Waals surface area contributed by atoms with Gasteiger partial charge in [-0.3, -0.25) is 0 Å². The minimum absolute atomic E-state index is 0.105. The van der Waals surface area contributed by atoms with Gasteiger partial charge < -0.3 is 13.7 Å². The summed E-state index contributed by atoms with van der Waals surface area (Å²) in [6.07, 6.45) is 0. The normalized spacial score (nSPS) is 12.8. The standard InChI is InChI=1S/C65H47NO2/c1-40-15-5-6-16-49(40)50-33-29-43(35-41(50)2)46-36-45(37-47(38-46)44-30-34-52-51-17-7-10-22-57(51)65(3,4)58(52)39-44)42-27-31-48(32-28-42)66(59-23-13-20-55-53-18-8-11-25-61(53)67-63(55)59)60-24-14-21-56-54-19-9-12-26-62(54)68-64(56)60/h5-39H,1-4H3. The van der Waals surface area contributed by atoms with E-state index in [1.54, 1.807) is 0 Å². The molecule has 1 aliphatic rings. The Morgan fingerprint density at radius 3 is 1.43 bits per heavy atom. The second kappa shape index (κ2) is 15.3. The second-order valence-electron chi connectivity index (χ2n) is 19.0. The van der Waals surface area contributed by atoms with Gasteiger partial charge in [0.15, 0.2) is 11.2 Å². The van der Waals surface area contributed by atoms with Crippen LogP contribution in [0.25, 0.3) is 99.5 Å². The molecule has 0 N–H and O–H groups in total. The number of aryl methyl sites for hydroxylation is 2. The van der Waals surface area contributed by atoms with Gasteiger partial charge in [-0.25, -0.2) is 0 Å². The van der Waals surface area contributed by atoms with E-state index in [-0.39, 0.29) is 5.41 Å². The summed E-state index contributed by atoms with van der Waals surface area (Å²) in [7, 11) is 0. The lowest BCUT2D eigenvalue weighted by atomic mass is 9.81. The number of furan rings is 2. The Labute approximate surface area is 396 Å². The number of hydrogen-bond donors (Lipinski definition) is 0. The van der Waals surface area contributed by atoms with E-state index in [4.69, 9.17) is 8.83 Å². The van der Waals surface area contributed by atoms with Crippen molar-refractivity contribution in [1.82, 2.24) is 0 Å². The van der Waals surface area contributed by atoms with Crippen LogP contribution in [0.2, 0.25) is 0 Å². The summed E-state index contributed by atoms with van der Waals surface area (Å²) >= 11 is 0. The molecule has 0 radical (unpaired) electrons. The third-order valence-corrected chi connectivity index (χ3v) is 14.6. The Bertz CT molecular complexity index is 3860. The van der Waals surface area contributed by atoms with Gasteiger partial charge in [0.05, 0.1) is 11.4 Å². The van der Waals surface area contributed by atoms with E-state index in [0.29, 0.717) is 0 Å². The monoisotopic (exact) mass is 873 g/mol. The van der Waals surface area contributed by atoms with Crippen molar-refractivity contribution in [3.8, 4) is 55.6 Å². The average Bonchev–Trinajstić information content (AvgIpc) is 4.03. The van der Waals surface area contributed by atoms with Gasteiger partial charge in [0, 0.05) is 32.6 Å². The average molecular weight is 874 g/mol. The summed E-state index contributed by atoms with van der Waals surface area (Å²) < 4.78 is 13.4. The van der Waals surface area contributed by atoms with Crippen molar-refractivity contribution in [3.63, 3.8) is 0 Å². The lowest BCUT2D eigenvalue weighted by Crippen LogP contribution is -2.14. The first-order valence-electron chi connectivity index (χ1n) is 23.6. The molecule has 0 saturated heterocycles. The fraction of sp³-hybridized carbons (Fsp3) is 0.0769. The summed E-state index contributed by atoms with van der Waals surface area (Å²) in [5.74, 6) is 0. The van der Waals surface area contributed by atoms with Gasteiger partial charge >= 0.3 is 0 Å². The Balaban J connectivity index is 0.973. The van der Waals surface area contributed by atoms with Gasteiger partial charge in [-0.05, 0) is 152 Å². The maximum absolute atomic E-state index is 6.72. The molecule has 3 nitrogen and oxygen atoms in total. The highest BCUT2D eigenvalue weighted by Crippen LogP contribution is 2.51. The Kier molecular flexibility index (Phi) is 9.00. The van der Waals surface area contributed by atoms with Crippen molar-refractivity contribution in [2.45, 2.75) is 33.1 Å². The summed E-state index contributed by atoms with van der Waals surface area (Å²) in [5, 5.41) is 4.33. The summed E-state index contributed by atoms with van der Waals surface area (Å²) in [6.45, 7) is 9.14. The molecule has 13 rings (SSSR count). The maximum atomic E-state index is 6.72. The topological polar surface area (TPSA) is 29.5 Å². The van der Waals surface area contributed by atoms with Crippen LogP contribution in [0.4, 0.5) is 17.1 Å². The van der Waals surface area contributed by atoms with Gasteiger partial charge in [0.2, 0.25) is 0 Å². The highest BCUT2D eigenvalue weighted by molar-refractivity contribution is 6.14. The number of para-hydroxylation sites is 4. The van der Waals surface area contributed by atoms with E-state index in [2.05, 4.69) is 221 Å². The molecular formula is C65H47NO2. The van der Waals surface area contributed by atoms with Crippen molar-refractivity contribution in [2.75, 3.05) is 4.90 Å². The third kappa shape index (κ3) is 6.27. The van der Waals surface area contributed by atoms with Crippen LogP contribution in [0.3, 0.4) is 0 Å². The molecule has 0 spiro atoms. The molecule has 12 aromatic rings. The largest absolute Gasteiger partial charge is 0.454 e. The van der Waals surface area contributed by atoms with Gasteiger partial charge in [-0.1, -0.05) is 166 Å². The first-order valence-corrected chi connectivity index (χ1v) is 23.6. The zero-order chi connectivity index (χ0) is 45.7. The number of benzene rings is 10. The second-order valence-corrected chi connectivity index (χ2v) is 19.0. The molecule has 3 heteroatoms. The van der Waals surface area contributed by atoms with Crippen LogP contribution in [0.15, 0.2) is 221 Å². The Morgan fingerprint density at radius 2 is 0.809 bits per heavy atom. The fourth-order valence-electron chi connectivity index (χ4n) is 11.1. The maximum Gasteiger partial charge on any atom is 0.159 e. The fourth-order valence-corrected chi connectivity index (χ4v) is 11.1. The SMILES string of the molecule is Cc1ccccc1-c1ccc(-c2cc(-c3ccc(N(c4cccc5c4oc4ccccc45)c4cccc5c4oc4ccccc45)cc3)cc(-c3ccc4c(c3)C(C)(C)c3ccccc3-4)c2)cc1C. The molecule has 1 aliphatic carbocycles. The highest BCUT2D eigenvalue weighted by atomic mass is 16.3. The molecule has 2 heterocycles. The van der Waals surface area contributed by atoms with E-state index in [9.17, 15) is 0 Å². The predicted octanol–water partition coefficient (Wildman–Crippen LogP) is 18.5. The molecule has 324 valence electrons. The van der Waals surface area contributed by atoms with Gasteiger partial charge in [0.25, 0.3) is 0 Å². The van der Waals surface area contributed by atoms with Crippen molar-refractivity contribution in [1.29, 1.82) is 0 Å². The summed E-state index contributed by atoms with van der Waals surface area (Å²) in [6, 6.07) is 77.1. The molecule has 0 fully saturated rings. The predicted molar refractivity (Wildman–Crippen MR) is 284 cm³/mol. The van der Waals surface area contributed by atoms with E-state index < -0.39 is 0 Å². The first-order chi connectivity index (χ1) is 33.3.